The van der Waals surface area contributed by atoms with Gasteiger partial charge in [-0.2, -0.15) is 0 Å². The lowest BCUT2D eigenvalue weighted by Crippen LogP contribution is -2.25. The van der Waals surface area contributed by atoms with E-state index in [1.165, 1.54) is 70.6 Å². The quantitative estimate of drug-likeness (QED) is 0.324. The van der Waals surface area contributed by atoms with Crippen LogP contribution in [-0.2, 0) is 0 Å². The fourth-order valence-electron chi connectivity index (χ4n) is 3.01. The summed E-state index contributed by atoms with van der Waals surface area (Å²) in [6.45, 7) is 4.43. The van der Waals surface area contributed by atoms with Gasteiger partial charge in [0.05, 0.1) is 12.2 Å². The van der Waals surface area contributed by atoms with Crippen LogP contribution >= 0.6 is 0 Å². The molecule has 134 valence electrons. The van der Waals surface area contributed by atoms with Crippen molar-refractivity contribution < 1.29 is 10.2 Å². The highest BCUT2D eigenvalue weighted by Gasteiger charge is 2.14. The summed E-state index contributed by atoms with van der Waals surface area (Å²) in [5.74, 6) is 0. The summed E-state index contributed by atoms with van der Waals surface area (Å²) in [6, 6.07) is 0. The second-order valence-electron chi connectivity index (χ2n) is 6.95. The van der Waals surface area contributed by atoms with Gasteiger partial charge in [-0.05, 0) is 12.8 Å². The van der Waals surface area contributed by atoms with E-state index in [1.807, 2.05) is 0 Å². The van der Waals surface area contributed by atoms with Crippen LogP contribution in [0, 0.1) is 0 Å². The Kier molecular flexibility index (Phi) is 17.2. The summed E-state index contributed by atoms with van der Waals surface area (Å²) in [5, 5.41) is 19.8. The summed E-state index contributed by atoms with van der Waals surface area (Å²) in [4.78, 5) is 0. The van der Waals surface area contributed by atoms with E-state index in [4.69, 9.17) is 0 Å². The second-order valence-corrected chi connectivity index (χ2v) is 6.95. The van der Waals surface area contributed by atoms with Crippen LogP contribution in [-0.4, -0.2) is 22.4 Å². The number of unbranched alkanes of at least 4 members (excludes halogenated alkanes) is 12. The van der Waals surface area contributed by atoms with Crippen molar-refractivity contribution in [2.24, 2.45) is 0 Å². The predicted octanol–water partition coefficient (Wildman–Crippen LogP) is 5.99. The van der Waals surface area contributed by atoms with Gasteiger partial charge in [0, 0.05) is 0 Å². The molecule has 2 N–H and O–H groups in total. The number of aliphatic hydroxyl groups is 2. The van der Waals surface area contributed by atoms with Gasteiger partial charge in [-0.3, -0.25) is 0 Å². The van der Waals surface area contributed by atoms with Crippen LogP contribution in [0.1, 0.15) is 117 Å². The van der Waals surface area contributed by atoms with Crippen molar-refractivity contribution in [1.82, 2.24) is 0 Å². The molecule has 2 atom stereocenters. The van der Waals surface area contributed by atoms with Crippen molar-refractivity contribution in [3.8, 4) is 0 Å². The van der Waals surface area contributed by atoms with Gasteiger partial charge >= 0.3 is 0 Å². The third kappa shape index (κ3) is 14.8. The molecule has 0 aliphatic heterocycles. The number of hydrogen-bond donors (Lipinski definition) is 2. The van der Waals surface area contributed by atoms with E-state index in [2.05, 4.69) is 13.8 Å². The molecule has 0 aliphatic rings. The van der Waals surface area contributed by atoms with Gasteiger partial charge in [0.15, 0.2) is 0 Å². The fraction of sp³-hybridized carbons (Fsp3) is 1.00. The Morgan fingerprint density at radius 3 is 1.14 bits per heavy atom. The number of rotatable bonds is 17. The average molecular weight is 315 g/mol. The van der Waals surface area contributed by atoms with Crippen LogP contribution in [0.15, 0.2) is 0 Å². The van der Waals surface area contributed by atoms with Gasteiger partial charge in [0.2, 0.25) is 0 Å². The summed E-state index contributed by atoms with van der Waals surface area (Å²) in [7, 11) is 0. The maximum atomic E-state index is 9.91. The van der Waals surface area contributed by atoms with E-state index in [0.29, 0.717) is 0 Å². The normalized spacial score (nSPS) is 14.2. The molecule has 0 bridgehead atoms. The molecule has 0 amide bonds. The van der Waals surface area contributed by atoms with Gasteiger partial charge in [0.1, 0.15) is 0 Å². The molecule has 2 nitrogen and oxygen atoms in total. The average Bonchev–Trinajstić information content (AvgIpc) is 2.52. The summed E-state index contributed by atoms with van der Waals surface area (Å²) in [6.07, 6.45) is 18.5. The van der Waals surface area contributed by atoms with Crippen LogP contribution in [0.25, 0.3) is 0 Å². The Balaban J connectivity index is 3.24. The molecule has 0 unspecified atom stereocenters. The van der Waals surface area contributed by atoms with E-state index in [9.17, 15) is 10.2 Å². The summed E-state index contributed by atoms with van der Waals surface area (Å²) >= 11 is 0. The van der Waals surface area contributed by atoms with E-state index < -0.39 is 12.2 Å². The molecule has 0 radical (unpaired) electrons. The molecular formula is C20H42O2. The van der Waals surface area contributed by atoms with Gasteiger partial charge in [-0.15, -0.1) is 0 Å². The molecule has 0 rings (SSSR count). The smallest absolute Gasteiger partial charge is 0.0799 e. The molecule has 0 saturated heterocycles. The summed E-state index contributed by atoms with van der Waals surface area (Å²) < 4.78 is 0. The second kappa shape index (κ2) is 17.3. The minimum Gasteiger partial charge on any atom is -0.390 e. The molecule has 0 aromatic carbocycles. The number of hydrogen-bond acceptors (Lipinski definition) is 2. The third-order valence-electron chi connectivity index (χ3n) is 4.65. The highest BCUT2D eigenvalue weighted by molar-refractivity contribution is 4.67. The molecule has 0 aliphatic carbocycles. The summed E-state index contributed by atoms with van der Waals surface area (Å²) in [5.41, 5.74) is 0. The lowest BCUT2D eigenvalue weighted by molar-refractivity contribution is 0.00718. The standard InChI is InChI=1S/C20H42O2/c1-3-5-7-8-9-10-11-12-13-14-16-18-20(22)19(21)17-15-6-4-2/h19-22H,3-18H2,1-2H3/t19-,20-/m1/s1. The van der Waals surface area contributed by atoms with E-state index in [-0.39, 0.29) is 0 Å². The van der Waals surface area contributed by atoms with Crippen molar-refractivity contribution in [2.45, 2.75) is 129 Å². The Bertz CT molecular complexity index is 206. The van der Waals surface area contributed by atoms with Crippen LogP contribution in [0.5, 0.6) is 0 Å². The van der Waals surface area contributed by atoms with Crippen molar-refractivity contribution in [3.05, 3.63) is 0 Å². The van der Waals surface area contributed by atoms with E-state index in [0.717, 1.165) is 32.1 Å². The van der Waals surface area contributed by atoms with Crippen LogP contribution < -0.4 is 0 Å². The molecule has 22 heavy (non-hydrogen) atoms. The highest BCUT2D eigenvalue weighted by atomic mass is 16.3. The Morgan fingerprint density at radius 2 is 0.727 bits per heavy atom. The molecule has 0 saturated carbocycles. The monoisotopic (exact) mass is 314 g/mol. The van der Waals surface area contributed by atoms with Gasteiger partial charge < -0.3 is 10.2 Å². The Labute approximate surface area is 139 Å². The Hall–Kier alpha value is -0.0800. The van der Waals surface area contributed by atoms with Crippen LogP contribution in [0.3, 0.4) is 0 Å². The highest BCUT2D eigenvalue weighted by Crippen LogP contribution is 2.15. The molecular weight excluding hydrogens is 272 g/mol. The van der Waals surface area contributed by atoms with Crippen molar-refractivity contribution in [2.75, 3.05) is 0 Å². The zero-order valence-electron chi connectivity index (χ0n) is 15.4. The molecule has 0 spiro atoms. The van der Waals surface area contributed by atoms with Crippen molar-refractivity contribution in [3.63, 3.8) is 0 Å². The molecule has 0 heterocycles. The van der Waals surface area contributed by atoms with Crippen LogP contribution in [0.2, 0.25) is 0 Å². The zero-order valence-corrected chi connectivity index (χ0v) is 15.4. The first-order valence-electron chi connectivity index (χ1n) is 10.1. The maximum absolute atomic E-state index is 9.91. The maximum Gasteiger partial charge on any atom is 0.0799 e. The van der Waals surface area contributed by atoms with Gasteiger partial charge in [-0.1, -0.05) is 104 Å². The largest absolute Gasteiger partial charge is 0.390 e. The van der Waals surface area contributed by atoms with Crippen molar-refractivity contribution in [1.29, 1.82) is 0 Å². The number of aliphatic hydroxyl groups excluding tert-OH is 2. The minimum absolute atomic E-state index is 0.504. The van der Waals surface area contributed by atoms with Crippen LogP contribution in [0.4, 0.5) is 0 Å². The first-order chi connectivity index (χ1) is 10.7. The van der Waals surface area contributed by atoms with Gasteiger partial charge in [-0.25, -0.2) is 0 Å². The first-order valence-corrected chi connectivity index (χ1v) is 10.1. The fourth-order valence-corrected chi connectivity index (χ4v) is 3.01. The zero-order chi connectivity index (χ0) is 16.5. The van der Waals surface area contributed by atoms with Crippen molar-refractivity contribution >= 4 is 0 Å². The topological polar surface area (TPSA) is 40.5 Å². The van der Waals surface area contributed by atoms with Gasteiger partial charge in [0.25, 0.3) is 0 Å². The minimum atomic E-state index is -0.505. The molecule has 2 heteroatoms. The predicted molar refractivity (Wildman–Crippen MR) is 97.2 cm³/mol. The first kappa shape index (κ1) is 21.9. The van der Waals surface area contributed by atoms with E-state index >= 15 is 0 Å². The molecule has 0 aromatic rings. The van der Waals surface area contributed by atoms with E-state index in [1.54, 1.807) is 0 Å². The Morgan fingerprint density at radius 1 is 0.455 bits per heavy atom. The lowest BCUT2D eigenvalue weighted by Gasteiger charge is -2.17. The third-order valence-corrected chi connectivity index (χ3v) is 4.65. The molecule has 0 fully saturated rings. The molecule has 0 aromatic heterocycles. The lowest BCUT2D eigenvalue weighted by atomic mass is 10.00. The SMILES string of the molecule is CCCCCCCCCCCCC[C@@H](O)[C@H](O)CCCCC.